The van der Waals surface area contributed by atoms with Crippen molar-refractivity contribution in [2.75, 3.05) is 6.54 Å². The van der Waals surface area contributed by atoms with Crippen molar-refractivity contribution in [1.82, 2.24) is 10.3 Å². The minimum atomic E-state index is -0.0656. The maximum Gasteiger partial charge on any atom is 0.149 e. The second-order valence-electron chi connectivity index (χ2n) is 3.50. The summed E-state index contributed by atoms with van der Waals surface area (Å²) in [6.45, 7) is 4.73. The van der Waals surface area contributed by atoms with Gasteiger partial charge in [0.25, 0.3) is 0 Å². The normalized spacial score (nSPS) is 12.4. The molecule has 1 heterocycles. The van der Waals surface area contributed by atoms with Gasteiger partial charge >= 0.3 is 0 Å². The van der Waals surface area contributed by atoms with E-state index >= 15 is 0 Å². The Morgan fingerprint density at radius 2 is 2.33 bits per heavy atom. The fourth-order valence-corrected chi connectivity index (χ4v) is 1.55. The molecule has 1 unspecified atom stereocenters. The number of Topliss-reactive ketones (excluding diaryl/α,β-unsaturated/α-hetero) is 1. The highest BCUT2D eigenvalue weighted by Gasteiger charge is 2.15. The topological polar surface area (TPSA) is 42.0 Å². The van der Waals surface area contributed by atoms with E-state index in [2.05, 4.69) is 10.3 Å². The van der Waals surface area contributed by atoms with Gasteiger partial charge in [-0.1, -0.05) is 19.9 Å². The Balaban J connectivity index is 2.62. The number of nitrogens with zero attached hydrogens (tertiary/aromatic N) is 1. The van der Waals surface area contributed by atoms with Gasteiger partial charge in [0.05, 0.1) is 6.04 Å². The summed E-state index contributed by atoms with van der Waals surface area (Å²) in [6.07, 6.45) is 4.87. The molecule has 0 spiro atoms. The maximum absolute atomic E-state index is 11.6. The average Bonchev–Trinajstić information content (AvgIpc) is 2.29. The van der Waals surface area contributed by atoms with Gasteiger partial charge in [-0.2, -0.15) is 0 Å². The molecule has 0 saturated carbocycles. The molecule has 0 aliphatic heterocycles. The van der Waals surface area contributed by atoms with Crippen molar-refractivity contribution in [3.05, 3.63) is 30.1 Å². The molecule has 0 amide bonds. The van der Waals surface area contributed by atoms with Crippen LogP contribution in [0.2, 0.25) is 0 Å². The van der Waals surface area contributed by atoms with E-state index in [1.54, 1.807) is 6.20 Å². The number of nitrogens with one attached hydrogen (secondary N) is 1. The van der Waals surface area contributed by atoms with Crippen molar-refractivity contribution in [3.63, 3.8) is 0 Å². The lowest BCUT2D eigenvalue weighted by atomic mass is 10.0. The number of hydrogen-bond donors (Lipinski definition) is 1. The summed E-state index contributed by atoms with van der Waals surface area (Å²) in [7, 11) is 0. The third-order valence-corrected chi connectivity index (χ3v) is 2.35. The Kier molecular flexibility index (Phi) is 4.98. The van der Waals surface area contributed by atoms with Crippen molar-refractivity contribution in [3.8, 4) is 0 Å². The van der Waals surface area contributed by atoms with Gasteiger partial charge in [-0.05, 0) is 24.6 Å². The first-order chi connectivity index (χ1) is 7.27. The first-order valence-corrected chi connectivity index (χ1v) is 5.43. The van der Waals surface area contributed by atoms with Crippen molar-refractivity contribution < 1.29 is 4.79 Å². The second kappa shape index (κ2) is 6.30. The highest BCUT2D eigenvalue weighted by molar-refractivity contribution is 5.84. The molecule has 1 aromatic heterocycles. The number of ketones is 1. The zero-order valence-electron chi connectivity index (χ0n) is 9.36. The first kappa shape index (κ1) is 11.9. The summed E-state index contributed by atoms with van der Waals surface area (Å²) >= 11 is 0. The van der Waals surface area contributed by atoms with Gasteiger partial charge in [-0.25, -0.2) is 0 Å². The molecular formula is C12H18N2O. The minimum absolute atomic E-state index is 0.0656. The van der Waals surface area contributed by atoms with E-state index in [0.717, 1.165) is 18.5 Å². The molecule has 0 aliphatic carbocycles. The van der Waals surface area contributed by atoms with E-state index in [1.165, 1.54) is 0 Å². The van der Waals surface area contributed by atoms with Crippen molar-refractivity contribution in [2.45, 2.75) is 32.7 Å². The number of hydrogen-bond acceptors (Lipinski definition) is 3. The molecule has 15 heavy (non-hydrogen) atoms. The molecule has 3 nitrogen and oxygen atoms in total. The van der Waals surface area contributed by atoms with Gasteiger partial charge in [0.1, 0.15) is 5.78 Å². The molecule has 1 rings (SSSR count). The largest absolute Gasteiger partial charge is 0.307 e. The Hall–Kier alpha value is -1.22. The SMILES string of the molecule is CCNC(Cc1cccnc1)C(=O)CC. The third kappa shape index (κ3) is 3.80. The molecule has 1 atom stereocenters. The summed E-state index contributed by atoms with van der Waals surface area (Å²) in [6, 6.07) is 3.83. The minimum Gasteiger partial charge on any atom is -0.307 e. The predicted molar refractivity (Wildman–Crippen MR) is 60.7 cm³/mol. The quantitative estimate of drug-likeness (QED) is 0.768. The Labute approximate surface area is 90.9 Å². The number of pyridine rings is 1. The Morgan fingerprint density at radius 1 is 1.53 bits per heavy atom. The third-order valence-electron chi connectivity index (χ3n) is 2.35. The molecule has 0 aliphatic rings. The molecular weight excluding hydrogens is 188 g/mol. The van der Waals surface area contributed by atoms with E-state index in [9.17, 15) is 4.79 Å². The summed E-state index contributed by atoms with van der Waals surface area (Å²) in [5.74, 6) is 0.265. The van der Waals surface area contributed by atoms with E-state index < -0.39 is 0 Å². The number of aromatic nitrogens is 1. The lowest BCUT2D eigenvalue weighted by Gasteiger charge is -2.15. The average molecular weight is 206 g/mol. The van der Waals surface area contributed by atoms with Crippen LogP contribution in [0.15, 0.2) is 24.5 Å². The van der Waals surface area contributed by atoms with Gasteiger partial charge in [0.2, 0.25) is 0 Å². The predicted octanol–water partition coefficient (Wildman–Crippen LogP) is 1.58. The molecule has 0 fully saturated rings. The maximum atomic E-state index is 11.6. The van der Waals surface area contributed by atoms with Gasteiger partial charge in [0.15, 0.2) is 0 Å². The molecule has 82 valence electrons. The van der Waals surface area contributed by atoms with Crippen LogP contribution < -0.4 is 5.32 Å². The van der Waals surface area contributed by atoms with Crippen LogP contribution in [0.3, 0.4) is 0 Å². The number of rotatable bonds is 6. The molecule has 0 bridgehead atoms. The van der Waals surface area contributed by atoms with Gasteiger partial charge in [0, 0.05) is 18.8 Å². The van der Waals surface area contributed by atoms with Gasteiger partial charge < -0.3 is 5.32 Å². The van der Waals surface area contributed by atoms with Crippen LogP contribution in [-0.2, 0) is 11.2 Å². The van der Waals surface area contributed by atoms with E-state index in [-0.39, 0.29) is 11.8 Å². The van der Waals surface area contributed by atoms with Crippen LogP contribution in [0.25, 0.3) is 0 Å². The van der Waals surface area contributed by atoms with Gasteiger partial charge in [-0.15, -0.1) is 0 Å². The molecule has 0 saturated heterocycles. The standard InChI is InChI=1S/C12H18N2O/c1-3-12(15)11(14-4-2)8-10-6-5-7-13-9-10/h5-7,9,11,14H,3-4,8H2,1-2H3. The molecule has 0 radical (unpaired) electrons. The molecule has 1 N–H and O–H groups in total. The number of carbonyl (C=O) groups is 1. The highest BCUT2D eigenvalue weighted by Crippen LogP contribution is 2.03. The Morgan fingerprint density at radius 3 is 2.87 bits per heavy atom. The second-order valence-corrected chi connectivity index (χ2v) is 3.50. The molecule has 3 heteroatoms. The van der Waals surface area contributed by atoms with Crippen LogP contribution in [0.5, 0.6) is 0 Å². The number of carbonyl (C=O) groups excluding carboxylic acids is 1. The molecule has 1 aromatic rings. The molecule has 0 aromatic carbocycles. The van der Waals surface area contributed by atoms with E-state index in [1.807, 2.05) is 32.2 Å². The monoisotopic (exact) mass is 206 g/mol. The van der Waals surface area contributed by atoms with Gasteiger partial charge in [-0.3, -0.25) is 9.78 Å². The van der Waals surface area contributed by atoms with Crippen LogP contribution in [0, 0.1) is 0 Å². The van der Waals surface area contributed by atoms with Crippen molar-refractivity contribution in [1.29, 1.82) is 0 Å². The number of likely N-dealkylation sites (N-methyl/N-ethyl adjacent to an activating group) is 1. The summed E-state index contributed by atoms with van der Waals surface area (Å²) in [5.41, 5.74) is 1.10. The summed E-state index contributed by atoms with van der Waals surface area (Å²) in [4.78, 5) is 15.7. The lowest BCUT2D eigenvalue weighted by Crippen LogP contribution is -2.38. The van der Waals surface area contributed by atoms with Crippen LogP contribution >= 0.6 is 0 Å². The Bertz CT molecular complexity index is 298. The fraction of sp³-hybridized carbons (Fsp3) is 0.500. The zero-order chi connectivity index (χ0) is 11.1. The van der Waals surface area contributed by atoms with Crippen LogP contribution in [0.1, 0.15) is 25.8 Å². The van der Waals surface area contributed by atoms with Crippen molar-refractivity contribution >= 4 is 5.78 Å². The van der Waals surface area contributed by atoms with E-state index in [0.29, 0.717) is 6.42 Å². The fourth-order valence-electron chi connectivity index (χ4n) is 1.55. The van der Waals surface area contributed by atoms with E-state index in [4.69, 9.17) is 0 Å². The highest BCUT2D eigenvalue weighted by atomic mass is 16.1. The van der Waals surface area contributed by atoms with Crippen LogP contribution in [-0.4, -0.2) is 23.4 Å². The zero-order valence-corrected chi connectivity index (χ0v) is 9.36. The van der Waals surface area contributed by atoms with Crippen LogP contribution in [0.4, 0.5) is 0 Å². The van der Waals surface area contributed by atoms with Crippen molar-refractivity contribution in [2.24, 2.45) is 0 Å². The lowest BCUT2D eigenvalue weighted by molar-refractivity contribution is -0.120. The summed E-state index contributed by atoms with van der Waals surface area (Å²) in [5, 5.41) is 3.20. The first-order valence-electron chi connectivity index (χ1n) is 5.43. The summed E-state index contributed by atoms with van der Waals surface area (Å²) < 4.78 is 0. The smallest absolute Gasteiger partial charge is 0.149 e.